The Morgan fingerprint density at radius 2 is 2.50 bits per heavy atom. The number of carbonyl (C=O) groups is 1. The fourth-order valence-electron chi connectivity index (χ4n) is 1.44. The van der Waals surface area contributed by atoms with E-state index in [-0.39, 0.29) is 5.91 Å². The van der Waals surface area contributed by atoms with E-state index in [2.05, 4.69) is 22.0 Å². The Morgan fingerprint density at radius 3 is 3.25 bits per heavy atom. The van der Waals surface area contributed by atoms with E-state index in [1.54, 1.807) is 18.3 Å². The lowest BCUT2D eigenvalue weighted by molar-refractivity contribution is 0.0950. The molecule has 0 fully saturated rings. The minimum absolute atomic E-state index is 0.185. The Hall–Kier alpha value is -2.17. The highest BCUT2D eigenvalue weighted by atomic mass is 16.1. The summed E-state index contributed by atoms with van der Waals surface area (Å²) in [5.74, 6) is -0.185. The van der Waals surface area contributed by atoms with Gasteiger partial charge in [-0.15, -0.1) is 6.58 Å². The largest absolute Gasteiger partial charge is 0.347 e. The second kappa shape index (κ2) is 4.14. The number of hydrogen-bond donors (Lipinski definition) is 1. The first-order valence-corrected chi connectivity index (χ1v) is 4.93. The molecule has 0 aliphatic carbocycles. The van der Waals surface area contributed by atoms with Crippen LogP contribution < -0.4 is 5.32 Å². The highest BCUT2D eigenvalue weighted by Gasteiger charge is 2.10. The zero-order valence-electron chi connectivity index (χ0n) is 8.97. The number of aryl methyl sites for hydroxylation is 1. The molecule has 0 unspecified atom stereocenters. The minimum atomic E-state index is -0.185. The Kier molecular flexibility index (Phi) is 2.68. The first-order valence-electron chi connectivity index (χ1n) is 4.93. The molecule has 5 heteroatoms. The lowest BCUT2D eigenvalue weighted by atomic mass is 10.3. The number of amides is 1. The maximum absolute atomic E-state index is 11.8. The van der Waals surface area contributed by atoms with Crippen LogP contribution in [0.25, 0.3) is 5.65 Å². The monoisotopic (exact) mass is 216 g/mol. The third-order valence-electron chi connectivity index (χ3n) is 2.12. The molecule has 0 saturated carbocycles. The van der Waals surface area contributed by atoms with Crippen molar-refractivity contribution >= 4 is 11.6 Å². The molecule has 0 atom stereocenters. The predicted molar refractivity (Wildman–Crippen MR) is 60.3 cm³/mol. The maximum atomic E-state index is 11.8. The van der Waals surface area contributed by atoms with E-state index in [9.17, 15) is 4.79 Å². The van der Waals surface area contributed by atoms with Gasteiger partial charge in [0.15, 0.2) is 5.65 Å². The van der Waals surface area contributed by atoms with Gasteiger partial charge < -0.3 is 5.32 Å². The van der Waals surface area contributed by atoms with E-state index < -0.39 is 0 Å². The van der Waals surface area contributed by atoms with Crippen LogP contribution in [0.3, 0.4) is 0 Å². The Balaban J connectivity index is 2.43. The standard InChI is InChI=1S/C11H12N4O/c1-3-5-13-11(16)9-4-6-12-10-7-8(2)14-15(9)10/h3-4,6-7H,1,5H2,2H3,(H,13,16). The molecule has 0 aliphatic rings. The molecule has 1 N–H and O–H groups in total. The SMILES string of the molecule is C=CCNC(=O)c1ccnc2cc(C)nn12. The van der Waals surface area contributed by atoms with Gasteiger partial charge in [0, 0.05) is 18.8 Å². The average Bonchev–Trinajstić information content (AvgIpc) is 2.65. The molecule has 82 valence electrons. The fourth-order valence-corrected chi connectivity index (χ4v) is 1.44. The van der Waals surface area contributed by atoms with Gasteiger partial charge in [-0.05, 0) is 13.0 Å². The van der Waals surface area contributed by atoms with Crippen LogP contribution in [0.5, 0.6) is 0 Å². The molecule has 2 aromatic heterocycles. The smallest absolute Gasteiger partial charge is 0.270 e. The Morgan fingerprint density at radius 1 is 1.69 bits per heavy atom. The summed E-state index contributed by atoms with van der Waals surface area (Å²) in [4.78, 5) is 15.9. The zero-order valence-corrected chi connectivity index (χ0v) is 8.97. The molecule has 2 aromatic rings. The van der Waals surface area contributed by atoms with E-state index in [0.717, 1.165) is 5.69 Å². The highest BCUT2D eigenvalue weighted by Crippen LogP contribution is 2.06. The molecule has 2 rings (SSSR count). The summed E-state index contributed by atoms with van der Waals surface area (Å²) >= 11 is 0. The van der Waals surface area contributed by atoms with Crippen LogP contribution in [0, 0.1) is 6.92 Å². The lowest BCUT2D eigenvalue weighted by Gasteiger charge is -2.03. The van der Waals surface area contributed by atoms with E-state index in [1.165, 1.54) is 4.52 Å². The van der Waals surface area contributed by atoms with Gasteiger partial charge in [-0.1, -0.05) is 6.08 Å². The number of nitrogens with zero attached hydrogens (tertiary/aromatic N) is 3. The van der Waals surface area contributed by atoms with Gasteiger partial charge in [0.1, 0.15) is 5.69 Å². The third kappa shape index (κ3) is 1.79. The van der Waals surface area contributed by atoms with Crippen LogP contribution in [-0.2, 0) is 0 Å². The van der Waals surface area contributed by atoms with Crippen LogP contribution in [0.2, 0.25) is 0 Å². The summed E-state index contributed by atoms with van der Waals surface area (Å²) in [6.07, 6.45) is 3.23. The lowest BCUT2D eigenvalue weighted by Crippen LogP contribution is -2.25. The van der Waals surface area contributed by atoms with Crippen molar-refractivity contribution in [1.82, 2.24) is 19.9 Å². The molecular formula is C11H12N4O. The second-order valence-corrected chi connectivity index (χ2v) is 3.38. The van der Waals surface area contributed by atoms with Gasteiger partial charge in [-0.3, -0.25) is 4.79 Å². The van der Waals surface area contributed by atoms with Crippen molar-refractivity contribution in [3.8, 4) is 0 Å². The Bertz CT molecular complexity index is 544. The summed E-state index contributed by atoms with van der Waals surface area (Å²) in [6, 6.07) is 3.46. The van der Waals surface area contributed by atoms with Gasteiger partial charge in [-0.25, -0.2) is 9.50 Å². The van der Waals surface area contributed by atoms with Crippen molar-refractivity contribution in [3.63, 3.8) is 0 Å². The second-order valence-electron chi connectivity index (χ2n) is 3.38. The Labute approximate surface area is 92.8 Å². The molecule has 1 amide bonds. The maximum Gasteiger partial charge on any atom is 0.270 e. The molecule has 0 spiro atoms. The summed E-state index contributed by atoms with van der Waals surface area (Å²) in [5.41, 5.74) is 1.97. The van der Waals surface area contributed by atoms with Crippen LogP contribution in [0.15, 0.2) is 31.0 Å². The first-order chi connectivity index (χ1) is 7.72. The number of hydrogen-bond acceptors (Lipinski definition) is 3. The van der Waals surface area contributed by atoms with Crippen molar-refractivity contribution in [1.29, 1.82) is 0 Å². The van der Waals surface area contributed by atoms with E-state index in [1.807, 2.05) is 13.0 Å². The van der Waals surface area contributed by atoms with E-state index in [4.69, 9.17) is 0 Å². The average molecular weight is 216 g/mol. The fraction of sp³-hybridized carbons (Fsp3) is 0.182. The van der Waals surface area contributed by atoms with E-state index in [0.29, 0.717) is 17.9 Å². The number of fused-ring (bicyclic) bond motifs is 1. The number of nitrogens with one attached hydrogen (secondary N) is 1. The van der Waals surface area contributed by atoms with Crippen LogP contribution in [-0.4, -0.2) is 27.0 Å². The molecule has 0 radical (unpaired) electrons. The summed E-state index contributed by atoms with van der Waals surface area (Å²) in [6.45, 7) is 5.84. The molecule has 0 bridgehead atoms. The van der Waals surface area contributed by atoms with Crippen molar-refractivity contribution < 1.29 is 4.79 Å². The minimum Gasteiger partial charge on any atom is -0.347 e. The molecular weight excluding hydrogens is 204 g/mol. The van der Waals surface area contributed by atoms with Gasteiger partial charge >= 0.3 is 0 Å². The van der Waals surface area contributed by atoms with Gasteiger partial charge in [-0.2, -0.15) is 5.10 Å². The molecule has 2 heterocycles. The van der Waals surface area contributed by atoms with Crippen LogP contribution >= 0.6 is 0 Å². The first kappa shape index (κ1) is 10.4. The third-order valence-corrected chi connectivity index (χ3v) is 2.12. The molecule has 0 aromatic carbocycles. The van der Waals surface area contributed by atoms with Crippen molar-refractivity contribution in [2.24, 2.45) is 0 Å². The van der Waals surface area contributed by atoms with Crippen molar-refractivity contribution in [3.05, 3.63) is 42.4 Å². The van der Waals surface area contributed by atoms with Gasteiger partial charge in [0.2, 0.25) is 0 Å². The predicted octanol–water partition coefficient (Wildman–Crippen LogP) is 0.954. The summed E-state index contributed by atoms with van der Waals surface area (Å²) in [7, 11) is 0. The molecule has 0 saturated heterocycles. The molecule has 0 aliphatic heterocycles. The van der Waals surface area contributed by atoms with Crippen LogP contribution in [0.4, 0.5) is 0 Å². The van der Waals surface area contributed by atoms with Crippen molar-refractivity contribution in [2.75, 3.05) is 6.54 Å². The number of carbonyl (C=O) groups excluding carboxylic acids is 1. The van der Waals surface area contributed by atoms with E-state index >= 15 is 0 Å². The summed E-state index contributed by atoms with van der Waals surface area (Å²) in [5, 5.41) is 6.91. The topological polar surface area (TPSA) is 59.3 Å². The zero-order chi connectivity index (χ0) is 11.5. The molecule has 5 nitrogen and oxygen atoms in total. The summed E-state index contributed by atoms with van der Waals surface area (Å²) < 4.78 is 1.54. The van der Waals surface area contributed by atoms with Crippen LogP contribution in [0.1, 0.15) is 16.2 Å². The molecule has 16 heavy (non-hydrogen) atoms. The quantitative estimate of drug-likeness (QED) is 0.777. The van der Waals surface area contributed by atoms with Gasteiger partial charge in [0.05, 0.1) is 5.69 Å². The van der Waals surface area contributed by atoms with Gasteiger partial charge in [0.25, 0.3) is 5.91 Å². The normalized spacial score (nSPS) is 10.3. The highest BCUT2D eigenvalue weighted by molar-refractivity contribution is 5.93. The van der Waals surface area contributed by atoms with Crippen molar-refractivity contribution in [2.45, 2.75) is 6.92 Å². The number of rotatable bonds is 3. The number of aromatic nitrogens is 3.